The van der Waals surface area contributed by atoms with Crippen molar-refractivity contribution in [3.05, 3.63) is 54.1 Å². The lowest BCUT2D eigenvalue weighted by Gasteiger charge is -2.17. The van der Waals surface area contributed by atoms with Crippen molar-refractivity contribution in [3.8, 4) is 11.5 Å². The highest BCUT2D eigenvalue weighted by Gasteiger charge is 2.36. The minimum absolute atomic E-state index is 0.0671. The van der Waals surface area contributed by atoms with Crippen LogP contribution in [0.4, 0.5) is 5.69 Å². The number of amides is 1. The maximum absolute atomic E-state index is 12.4. The highest BCUT2D eigenvalue weighted by Crippen LogP contribution is 2.30. The van der Waals surface area contributed by atoms with E-state index in [1.165, 1.54) is 7.11 Å². The van der Waals surface area contributed by atoms with Crippen molar-refractivity contribution in [1.29, 1.82) is 0 Å². The van der Waals surface area contributed by atoms with Crippen LogP contribution in [0.25, 0.3) is 0 Å². The molecule has 0 aromatic heterocycles. The van der Waals surface area contributed by atoms with Crippen LogP contribution in [0, 0.1) is 12.8 Å². The number of para-hydroxylation sites is 2. The van der Waals surface area contributed by atoms with Crippen LogP contribution in [0.5, 0.6) is 11.5 Å². The smallest absolute Gasteiger partial charge is 0.316 e. The van der Waals surface area contributed by atoms with Crippen LogP contribution in [0.3, 0.4) is 0 Å². The van der Waals surface area contributed by atoms with E-state index in [1.54, 1.807) is 29.2 Å². The summed E-state index contributed by atoms with van der Waals surface area (Å²) in [6, 6.07) is 14.6. The molecule has 1 atom stereocenters. The number of esters is 1. The van der Waals surface area contributed by atoms with Crippen LogP contribution < -0.4 is 14.4 Å². The molecule has 1 heterocycles. The molecular weight excluding hydrogens is 306 g/mol. The quantitative estimate of drug-likeness (QED) is 0.640. The number of methoxy groups -OCH3 is 1. The average Bonchev–Trinajstić information content (AvgIpc) is 2.97. The lowest BCUT2D eigenvalue weighted by molar-refractivity contribution is -0.139. The summed E-state index contributed by atoms with van der Waals surface area (Å²) in [6.45, 7) is 2.30. The molecule has 2 aromatic carbocycles. The molecule has 1 saturated heterocycles. The molecule has 0 aliphatic carbocycles. The Kier molecular flexibility index (Phi) is 4.51. The molecular formula is C19H19NO4. The van der Waals surface area contributed by atoms with E-state index in [0.29, 0.717) is 18.0 Å². The summed E-state index contributed by atoms with van der Waals surface area (Å²) in [4.78, 5) is 26.3. The molecule has 0 unspecified atom stereocenters. The minimum atomic E-state index is -0.483. The van der Waals surface area contributed by atoms with Gasteiger partial charge in [-0.3, -0.25) is 9.59 Å². The summed E-state index contributed by atoms with van der Waals surface area (Å²) in [5.41, 5.74) is 1.88. The zero-order chi connectivity index (χ0) is 17.1. The maximum Gasteiger partial charge on any atom is 0.316 e. The van der Waals surface area contributed by atoms with Gasteiger partial charge in [0, 0.05) is 18.7 Å². The second-order valence-electron chi connectivity index (χ2n) is 5.82. The SMILES string of the molecule is COc1ccccc1OC(=O)[C@@H]1CC(=O)N(c2cccc(C)c2)C1. The van der Waals surface area contributed by atoms with Crippen LogP contribution in [0.1, 0.15) is 12.0 Å². The predicted molar refractivity (Wildman–Crippen MR) is 90.3 cm³/mol. The molecule has 1 fully saturated rings. The van der Waals surface area contributed by atoms with E-state index in [4.69, 9.17) is 9.47 Å². The number of benzene rings is 2. The van der Waals surface area contributed by atoms with Crippen LogP contribution in [0.2, 0.25) is 0 Å². The topological polar surface area (TPSA) is 55.8 Å². The van der Waals surface area contributed by atoms with Crippen molar-refractivity contribution in [2.45, 2.75) is 13.3 Å². The first-order valence-electron chi connectivity index (χ1n) is 7.80. The molecule has 5 heteroatoms. The number of aryl methyl sites for hydroxylation is 1. The fourth-order valence-electron chi connectivity index (χ4n) is 2.81. The van der Waals surface area contributed by atoms with Gasteiger partial charge in [-0.05, 0) is 36.8 Å². The van der Waals surface area contributed by atoms with Crippen molar-refractivity contribution < 1.29 is 19.1 Å². The van der Waals surface area contributed by atoms with Crippen molar-refractivity contribution >= 4 is 17.6 Å². The van der Waals surface area contributed by atoms with Gasteiger partial charge in [0.15, 0.2) is 11.5 Å². The molecule has 0 bridgehead atoms. The van der Waals surface area contributed by atoms with Gasteiger partial charge in [-0.25, -0.2) is 0 Å². The largest absolute Gasteiger partial charge is 0.493 e. The Morgan fingerprint density at radius 2 is 1.88 bits per heavy atom. The Labute approximate surface area is 140 Å². The molecule has 0 saturated carbocycles. The molecule has 2 aromatic rings. The number of rotatable bonds is 4. The van der Waals surface area contributed by atoms with Gasteiger partial charge >= 0.3 is 5.97 Å². The van der Waals surface area contributed by atoms with Crippen LogP contribution >= 0.6 is 0 Å². The van der Waals surface area contributed by atoms with Crippen molar-refractivity contribution in [1.82, 2.24) is 0 Å². The fraction of sp³-hybridized carbons (Fsp3) is 0.263. The molecule has 1 amide bonds. The molecule has 0 spiro atoms. The number of ether oxygens (including phenoxy) is 2. The summed E-state index contributed by atoms with van der Waals surface area (Å²) in [5.74, 6) is -0.106. The Morgan fingerprint density at radius 3 is 2.58 bits per heavy atom. The molecule has 5 nitrogen and oxygen atoms in total. The second-order valence-corrected chi connectivity index (χ2v) is 5.82. The van der Waals surface area contributed by atoms with E-state index in [1.807, 2.05) is 31.2 Å². The third kappa shape index (κ3) is 3.25. The fourth-order valence-corrected chi connectivity index (χ4v) is 2.81. The second kappa shape index (κ2) is 6.74. The predicted octanol–water partition coefficient (Wildman–Crippen LogP) is 2.96. The van der Waals surface area contributed by atoms with Gasteiger partial charge in [0.25, 0.3) is 0 Å². The van der Waals surface area contributed by atoms with Crippen molar-refractivity contribution in [3.63, 3.8) is 0 Å². The van der Waals surface area contributed by atoms with Gasteiger partial charge in [0.05, 0.1) is 13.0 Å². The lowest BCUT2D eigenvalue weighted by Crippen LogP contribution is -2.27. The van der Waals surface area contributed by atoms with Crippen LogP contribution in [-0.2, 0) is 9.59 Å². The van der Waals surface area contributed by atoms with E-state index in [-0.39, 0.29) is 12.3 Å². The number of nitrogens with zero attached hydrogens (tertiary/aromatic N) is 1. The van der Waals surface area contributed by atoms with E-state index >= 15 is 0 Å². The van der Waals surface area contributed by atoms with Gasteiger partial charge in [-0.1, -0.05) is 24.3 Å². The summed E-state index contributed by atoms with van der Waals surface area (Å²) in [7, 11) is 1.52. The van der Waals surface area contributed by atoms with E-state index in [2.05, 4.69) is 0 Å². The third-order valence-electron chi connectivity index (χ3n) is 4.05. The molecule has 124 valence electrons. The summed E-state index contributed by atoms with van der Waals surface area (Å²) in [5, 5.41) is 0. The first kappa shape index (κ1) is 16.1. The van der Waals surface area contributed by atoms with E-state index in [9.17, 15) is 9.59 Å². The molecule has 0 radical (unpaired) electrons. The number of carbonyl (C=O) groups is 2. The Bertz CT molecular complexity index is 771. The maximum atomic E-state index is 12.4. The number of hydrogen-bond acceptors (Lipinski definition) is 4. The van der Waals surface area contributed by atoms with Crippen LogP contribution in [-0.4, -0.2) is 25.5 Å². The summed E-state index contributed by atoms with van der Waals surface area (Å²) < 4.78 is 10.6. The minimum Gasteiger partial charge on any atom is -0.493 e. The molecule has 3 rings (SSSR count). The van der Waals surface area contributed by atoms with E-state index in [0.717, 1.165) is 11.3 Å². The Hall–Kier alpha value is -2.82. The summed E-state index contributed by atoms with van der Waals surface area (Å²) in [6.07, 6.45) is 0.155. The lowest BCUT2D eigenvalue weighted by atomic mass is 10.1. The van der Waals surface area contributed by atoms with Gasteiger partial charge < -0.3 is 14.4 Å². The Balaban J connectivity index is 1.72. The van der Waals surface area contributed by atoms with Crippen molar-refractivity contribution in [2.75, 3.05) is 18.6 Å². The summed E-state index contributed by atoms with van der Waals surface area (Å²) >= 11 is 0. The first-order chi connectivity index (χ1) is 11.6. The monoisotopic (exact) mass is 325 g/mol. The average molecular weight is 325 g/mol. The Morgan fingerprint density at radius 1 is 1.12 bits per heavy atom. The van der Waals surface area contributed by atoms with Gasteiger partial charge in [0.2, 0.25) is 5.91 Å². The highest BCUT2D eigenvalue weighted by molar-refractivity contribution is 5.99. The number of anilines is 1. The van der Waals surface area contributed by atoms with Gasteiger partial charge in [-0.15, -0.1) is 0 Å². The third-order valence-corrected chi connectivity index (χ3v) is 4.05. The highest BCUT2D eigenvalue weighted by atomic mass is 16.6. The first-order valence-corrected chi connectivity index (χ1v) is 7.80. The molecule has 1 aliphatic heterocycles. The standard InChI is InChI=1S/C19H19NO4/c1-13-6-5-7-15(10-13)20-12-14(11-18(20)21)19(22)24-17-9-4-3-8-16(17)23-2/h3-10,14H,11-12H2,1-2H3/t14-/m1/s1. The number of carbonyl (C=O) groups excluding carboxylic acids is 2. The van der Waals surface area contributed by atoms with Gasteiger partial charge in [-0.2, -0.15) is 0 Å². The van der Waals surface area contributed by atoms with Gasteiger partial charge in [0.1, 0.15) is 0 Å². The normalized spacial score (nSPS) is 17.0. The van der Waals surface area contributed by atoms with Crippen molar-refractivity contribution in [2.24, 2.45) is 5.92 Å². The molecule has 1 aliphatic rings. The zero-order valence-electron chi connectivity index (χ0n) is 13.7. The van der Waals surface area contributed by atoms with Crippen LogP contribution in [0.15, 0.2) is 48.5 Å². The van der Waals surface area contributed by atoms with E-state index < -0.39 is 11.9 Å². The molecule has 24 heavy (non-hydrogen) atoms. The number of hydrogen-bond donors (Lipinski definition) is 0. The zero-order valence-corrected chi connectivity index (χ0v) is 13.7. The molecule has 0 N–H and O–H groups in total.